The van der Waals surface area contributed by atoms with Gasteiger partial charge in [0, 0.05) is 5.69 Å². The van der Waals surface area contributed by atoms with Gasteiger partial charge in [0.05, 0.1) is 12.1 Å². The number of anilines is 1. The summed E-state index contributed by atoms with van der Waals surface area (Å²) in [6.45, 7) is 1.46. The van der Waals surface area contributed by atoms with E-state index in [4.69, 9.17) is 0 Å². The Labute approximate surface area is 93.4 Å². The summed E-state index contributed by atoms with van der Waals surface area (Å²) in [6.07, 6.45) is 1.38. The zero-order chi connectivity index (χ0) is 11.8. The number of hydrogen-bond donors (Lipinski definition) is 2. The van der Waals surface area contributed by atoms with Crippen LogP contribution in [0.25, 0.3) is 0 Å². The van der Waals surface area contributed by atoms with Crippen molar-refractivity contribution in [2.24, 2.45) is 0 Å². The molecule has 1 unspecified atom stereocenters. The first-order chi connectivity index (χ1) is 7.58. The first-order valence-corrected chi connectivity index (χ1v) is 5.01. The van der Waals surface area contributed by atoms with E-state index in [1.54, 1.807) is 31.2 Å². The van der Waals surface area contributed by atoms with Crippen LogP contribution in [0.1, 0.15) is 6.92 Å². The lowest BCUT2D eigenvalue weighted by Crippen LogP contribution is -2.47. The average Bonchev–Trinajstić information content (AvgIpc) is 2.52. The van der Waals surface area contributed by atoms with Crippen molar-refractivity contribution in [3.8, 4) is 0 Å². The summed E-state index contributed by atoms with van der Waals surface area (Å²) in [5, 5.41) is 18.8. The second-order valence-electron chi connectivity index (χ2n) is 4.02. The van der Waals surface area contributed by atoms with E-state index in [9.17, 15) is 15.0 Å². The molecule has 1 amide bonds. The number of carbonyl (C=O) groups is 1. The molecule has 0 radical (unpaired) electrons. The van der Waals surface area contributed by atoms with Crippen molar-refractivity contribution < 1.29 is 15.0 Å². The Morgan fingerprint density at radius 2 is 1.94 bits per heavy atom. The van der Waals surface area contributed by atoms with Gasteiger partial charge in [0.2, 0.25) is 0 Å². The van der Waals surface area contributed by atoms with Crippen molar-refractivity contribution >= 4 is 11.6 Å². The highest BCUT2D eigenvalue weighted by Gasteiger charge is 2.42. The van der Waals surface area contributed by atoms with Crippen molar-refractivity contribution in [2.45, 2.75) is 12.5 Å². The second kappa shape index (κ2) is 3.64. The topological polar surface area (TPSA) is 60.8 Å². The zero-order valence-corrected chi connectivity index (χ0v) is 8.92. The normalized spacial score (nSPS) is 24.8. The summed E-state index contributed by atoms with van der Waals surface area (Å²) in [5.74, 6) is -0.803. The van der Waals surface area contributed by atoms with Crippen molar-refractivity contribution in [1.82, 2.24) is 0 Å². The van der Waals surface area contributed by atoms with Crippen LogP contribution >= 0.6 is 0 Å². The molecular formula is C12H13NO3. The molecule has 2 N–H and O–H groups in total. The second-order valence-corrected chi connectivity index (χ2v) is 4.02. The fourth-order valence-corrected chi connectivity index (χ4v) is 1.87. The van der Waals surface area contributed by atoms with Crippen molar-refractivity contribution in [1.29, 1.82) is 0 Å². The summed E-state index contributed by atoms with van der Waals surface area (Å²) in [4.78, 5) is 13.2. The van der Waals surface area contributed by atoms with Gasteiger partial charge in [-0.3, -0.25) is 9.69 Å². The first-order valence-electron chi connectivity index (χ1n) is 5.01. The SMILES string of the molecule is CC1(CO)C=C(O)C(=O)N1c1ccccc1. The molecule has 4 nitrogen and oxygen atoms in total. The predicted octanol–water partition coefficient (Wildman–Crippen LogP) is 1.23. The van der Waals surface area contributed by atoms with Gasteiger partial charge in [-0.15, -0.1) is 0 Å². The van der Waals surface area contributed by atoms with E-state index >= 15 is 0 Å². The molecule has 0 aliphatic carbocycles. The van der Waals surface area contributed by atoms with Gasteiger partial charge in [0.15, 0.2) is 5.76 Å². The molecule has 1 atom stereocenters. The minimum Gasteiger partial charge on any atom is -0.503 e. The summed E-state index contributed by atoms with van der Waals surface area (Å²) in [7, 11) is 0. The molecule has 4 heteroatoms. The van der Waals surface area contributed by atoms with Crippen LogP contribution in [0, 0.1) is 0 Å². The Bertz CT molecular complexity index is 441. The van der Waals surface area contributed by atoms with E-state index in [-0.39, 0.29) is 12.4 Å². The Morgan fingerprint density at radius 1 is 1.31 bits per heavy atom. The van der Waals surface area contributed by atoms with Crippen LogP contribution in [0.2, 0.25) is 0 Å². The molecule has 0 saturated carbocycles. The zero-order valence-electron chi connectivity index (χ0n) is 8.92. The summed E-state index contributed by atoms with van der Waals surface area (Å²) >= 11 is 0. The quantitative estimate of drug-likeness (QED) is 0.786. The van der Waals surface area contributed by atoms with Crippen LogP contribution in [-0.4, -0.2) is 28.3 Å². The van der Waals surface area contributed by atoms with E-state index in [1.165, 1.54) is 11.0 Å². The predicted molar refractivity (Wildman–Crippen MR) is 60.1 cm³/mol. The van der Waals surface area contributed by atoms with Gasteiger partial charge in [0.25, 0.3) is 5.91 Å². The van der Waals surface area contributed by atoms with Crippen LogP contribution in [0.3, 0.4) is 0 Å². The molecule has 1 aliphatic rings. The minimum absolute atomic E-state index is 0.238. The third-order valence-electron chi connectivity index (χ3n) is 2.72. The summed E-state index contributed by atoms with van der Waals surface area (Å²) in [5.41, 5.74) is -0.216. The number of para-hydroxylation sites is 1. The number of hydrogen-bond acceptors (Lipinski definition) is 3. The standard InChI is InChI=1S/C12H13NO3/c1-12(8-14)7-10(15)11(16)13(12)9-5-3-2-4-6-9/h2-7,14-15H,8H2,1H3. The molecule has 1 heterocycles. The van der Waals surface area contributed by atoms with Crippen LogP contribution in [0.5, 0.6) is 0 Å². The lowest BCUT2D eigenvalue weighted by molar-refractivity contribution is -0.117. The minimum atomic E-state index is -0.872. The molecule has 1 aromatic rings. The van der Waals surface area contributed by atoms with Gasteiger partial charge in [-0.05, 0) is 25.1 Å². The Kier molecular flexibility index (Phi) is 2.44. The fraction of sp³-hybridized carbons (Fsp3) is 0.250. The molecule has 0 saturated heterocycles. The van der Waals surface area contributed by atoms with Gasteiger partial charge in [-0.2, -0.15) is 0 Å². The number of amides is 1. The van der Waals surface area contributed by atoms with Crippen molar-refractivity contribution in [2.75, 3.05) is 11.5 Å². The molecule has 2 rings (SSSR count). The molecule has 0 spiro atoms. The summed E-state index contributed by atoms with van der Waals surface area (Å²) in [6, 6.07) is 8.97. The molecule has 84 valence electrons. The number of benzene rings is 1. The molecule has 0 bridgehead atoms. The van der Waals surface area contributed by atoms with Gasteiger partial charge in [-0.25, -0.2) is 0 Å². The average molecular weight is 219 g/mol. The van der Waals surface area contributed by atoms with E-state index < -0.39 is 11.4 Å². The van der Waals surface area contributed by atoms with Gasteiger partial charge < -0.3 is 10.2 Å². The van der Waals surface area contributed by atoms with Crippen LogP contribution in [-0.2, 0) is 4.79 Å². The maximum atomic E-state index is 11.8. The Morgan fingerprint density at radius 3 is 2.50 bits per heavy atom. The molecule has 1 aromatic carbocycles. The molecule has 0 aromatic heterocycles. The van der Waals surface area contributed by atoms with Crippen LogP contribution < -0.4 is 4.90 Å². The number of rotatable bonds is 2. The van der Waals surface area contributed by atoms with Gasteiger partial charge in [-0.1, -0.05) is 18.2 Å². The Balaban J connectivity index is 2.46. The molecule has 16 heavy (non-hydrogen) atoms. The number of aliphatic hydroxyl groups is 2. The monoisotopic (exact) mass is 219 g/mol. The third-order valence-corrected chi connectivity index (χ3v) is 2.72. The Hall–Kier alpha value is -1.81. The van der Waals surface area contributed by atoms with Gasteiger partial charge in [0.1, 0.15) is 0 Å². The molecule has 0 fully saturated rings. The number of carbonyl (C=O) groups excluding carboxylic acids is 1. The maximum absolute atomic E-state index is 11.8. The van der Waals surface area contributed by atoms with E-state index in [2.05, 4.69) is 0 Å². The third kappa shape index (κ3) is 1.47. The van der Waals surface area contributed by atoms with Crippen LogP contribution in [0.15, 0.2) is 42.2 Å². The highest BCUT2D eigenvalue weighted by molar-refractivity contribution is 6.08. The summed E-state index contributed by atoms with van der Waals surface area (Å²) < 4.78 is 0. The molecular weight excluding hydrogens is 206 g/mol. The number of aliphatic hydroxyl groups excluding tert-OH is 2. The van der Waals surface area contributed by atoms with Gasteiger partial charge >= 0.3 is 0 Å². The van der Waals surface area contributed by atoms with Crippen molar-refractivity contribution in [3.63, 3.8) is 0 Å². The molecule has 1 aliphatic heterocycles. The lowest BCUT2D eigenvalue weighted by Gasteiger charge is -2.32. The number of nitrogens with zero attached hydrogens (tertiary/aromatic N) is 1. The van der Waals surface area contributed by atoms with E-state index in [0.29, 0.717) is 5.69 Å². The highest BCUT2D eigenvalue weighted by atomic mass is 16.3. The van der Waals surface area contributed by atoms with Crippen LogP contribution in [0.4, 0.5) is 5.69 Å². The van der Waals surface area contributed by atoms with Crippen molar-refractivity contribution in [3.05, 3.63) is 42.2 Å². The highest BCUT2D eigenvalue weighted by Crippen LogP contribution is 2.32. The van der Waals surface area contributed by atoms with E-state index in [1.807, 2.05) is 6.07 Å². The lowest BCUT2D eigenvalue weighted by atomic mass is 10.0. The largest absolute Gasteiger partial charge is 0.503 e. The smallest absolute Gasteiger partial charge is 0.293 e. The first kappa shape index (κ1) is 10.7. The van der Waals surface area contributed by atoms with E-state index in [0.717, 1.165) is 0 Å². The fourth-order valence-electron chi connectivity index (χ4n) is 1.87. The maximum Gasteiger partial charge on any atom is 0.293 e.